The summed E-state index contributed by atoms with van der Waals surface area (Å²) in [7, 11) is 0. The molecule has 0 amide bonds. The highest BCUT2D eigenvalue weighted by Gasteiger charge is 2.27. The first-order valence-corrected chi connectivity index (χ1v) is 8.67. The molecule has 25 heavy (non-hydrogen) atoms. The van der Waals surface area contributed by atoms with Gasteiger partial charge in [0.15, 0.2) is 11.3 Å². The maximum absolute atomic E-state index is 11.6. The molecule has 0 saturated heterocycles. The van der Waals surface area contributed by atoms with E-state index in [0.717, 1.165) is 46.5 Å². The largest absolute Gasteiger partial charge is 0.477 e. The van der Waals surface area contributed by atoms with Gasteiger partial charge in [-0.3, -0.25) is 0 Å². The van der Waals surface area contributed by atoms with E-state index in [0.29, 0.717) is 11.6 Å². The standard InChI is InChI=1S/C20H21N3O2/c1-11-6-4-7-12(2)17(11)18-13(3)22-23-16(14-8-5-9-14)10-15(20(24)25)21-19(18)23/h4,6-7,10,14H,5,8-9H2,1-3H3,(H,24,25). The molecule has 128 valence electrons. The van der Waals surface area contributed by atoms with E-state index in [4.69, 9.17) is 5.10 Å². The molecule has 5 nitrogen and oxygen atoms in total. The second-order valence-corrected chi connectivity index (χ2v) is 6.96. The summed E-state index contributed by atoms with van der Waals surface area (Å²) in [6, 6.07) is 7.86. The number of fused-ring (bicyclic) bond motifs is 1. The van der Waals surface area contributed by atoms with E-state index in [1.54, 1.807) is 6.07 Å². The molecule has 0 bridgehead atoms. The van der Waals surface area contributed by atoms with Gasteiger partial charge in [-0.1, -0.05) is 24.6 Å². The minimum Gasteiger partial charge on any atom is -0.477 e. The molecule has 1 aliphatic rings. The summed E-state index contributed by atoms with van der Waals surface area (Å²) < 4.78 is 1.87. The SMILES string of the molecule is Cc1cccc(C)c1-c1c(C)nn2c(C3CCC3)cc(C(=O)O)nc12. The molecule has 3 aromatic rings. The highest BCUT2D eigenvalue weighted by molar-refractivity contribution is 5.89. The molecule has 1 fully saturated rings. The van der Waals surface area contributed by atoms with Crippen LogP contribution in [0.1, 0.15) is 58.2 Å². The lowest BCUT2D eigenvalue weighted by Crippen LogP contribution is -2.16. The van der Waals surface area contributed by atoms with Crippen LogP contribution in [0.4, 0.5) is 0 Å². The second-order valence-electron chi connectivity index (χ2n) is 6.96. The quantitative estimate of drug-likeness (QED) is 0.775. The average Bonchev–Trinajstić information content (AvgIpc) is 2.82. The van der Waals surface area contributed by atoms with Crippen LogP contribution >= 0.6 is 0 Å². The van der Waals surface area contributed by atoms with Crippen LogP contribution in [0.5, 0.6) is 0 Å². The van der Waals surface area contributed by atoms with Crippen molar-refractivity contribution in [1.82, 2.24) is 14.6 Å². The van der Waals surface area contributed by atoms with Crippen molar-refractivity contribution >= 4 is 11.6 Å². The number of carbonyl (C=O) groups is 1. The van der Waals surface area contributed by atoms with Crippen molar-refractivity contribution in [3.8, 4) is 11.1 Å². The lowest BCUT2D eigenvalue weighted by Gasteiger charge is -2.26. The Kier molecular flexibility index (Phi) is 3.60. The molecule has 1 N–H and O–H groups in total. The van der Waals surface area contributed by atoms with Gasteiger partial charge in [-0.05, 0) is 56.4 Å². The van der Waals surface area contributed by atoms with Gasteiger partial charge in [0, 0.05) is 11.6 Å². The van der Waals surface area contributed by atoms with E-state index in [2.05, 4.69) is 31.0 Å². The van der Waals surface area contributed by atoms with Crippen LogP contribution < -0.4 is 0 Å². The number of benzene rings is 1. The zero-order valence-corrected chi connectivity index (χ0v) is 14.7. The van der Waals surface area contributed by atoms with Gasteiger partial charge in [0.1, 0.15) is 0 Å². The van der Waals surface area contributed by atoms with E-state index in [-0.39, 0.29) is 5.69 Å². The van der Waals surface area contributed by atoms with Gasteiger partial charge in [-0.2, -0.15) is 5.10 Å². The van der Waals surface area contributed by atoms with Crippen LogP contribution in [0, 0.1) is 20.8 Å². The highest BCUT2D eigenvalue weighted by atomic mass is 16.4. The molecule has 0 radical (unpaired) electrons. The van der Waals surface area contributed by atoms with Crippen molar-refractivity contribution in [2.45, 2.75) is 46.0 Å². The number of carboxylic acids is 1. The minimum atomic E-state index is -0.991. The fourth-order valence-corrected chi connectivity index (χ4v) is 3.75. The molecule has 0 unspecified atom stereocenters. The fourth-order valence-electron chi connectivity index (χ4n) is 3.75. The van der Waals surface area contributed by atoms with Gasteiger partial charge in [0.05, 0.1) is 11.3 Å². The Balaban J connectivity index is 2.07. The van der Waals surface area contributed by atoms with Crippen LogP contribution in [0.15, 0.2) is 24.3 Å². The number of aromatic nitrogens is 3. The van der Waals surface area contributed by atoms with Crippen molar-refractivity contribution < 1.29 is 9.90 Å². The molecule has 0 atom stereocenters. The van der Waals surface area contributed by atoms with Crippen LogP contribution in [0.2, 0.25) is 0 Å². The zero-order valence-electron chi connectivity index (χ0n) is 14.7. The first-order chi connectivity index (χ1) is 12.0. The summed E-state index contributed by atoms with van der Waals surface area (Å²) in [6.07, 6.45) is 3.34. The van der Waals surface area contributed by atoms with Gasteiger partial charge in [-0.25, -0.2) is 14.3 Å². The minimum absolute atomic E-state index is 0.0989. The average molecular weight is 335 g/mol. The molecule has 1 saturated carbocycles. The zero-order chi connectivity index (χ0) is 17.7. The lowest BCUT2D eigenvalue weighted by molar-refractivity contribution is 0.0690. The Morgan fingerprint density at radius 1 is 1.16 bits per heavy atom. The maximum atomic E-state index is 11.6. The predicted octanol–water partition coefficient (Wildman–Crippen LogP) is 4.29. The fraction of sp³-hybridized carbons (Fsp3) is 0.350. The molecule has 4 rings (SSSR count). The monoisotopic (exact) mass is 335 g/mol. The van der Waals surface area contributed by atoms with Gasteiger partial charge < -0.3 is 5.11 Å². The molecule has 0 aliphatic heterocycles. The number of aromatic carboxylic acids is 1. The van der Waals surface area contributed by atoms with Crippen molar-refractivity contribution in [2.75, 3.05) is 0 Å². The molecule has 5 heteroatoms. The van der Waals surface area contributed by atoms with E-state index < -0.39 is 5.97 Å². The topological polar surface area (TPSA) is 67.5 Å². The Morgan fingerprint density at radius 2 is 1.84 bits per heavy atom. The molecule has 1 aromatic carbocycles. The molecule has 1 aliphatic carbocycles. The van der Waals surface area contributed by atoms with Gasteiger partial charge in [0.2, 0.25) is 0 Å². The second kappa shape index (κ2) is 5.69. The molecule has 2 aromatic heterocycles. The van der Waals surface area contributed by atoms with E-state index in [1.165, 1.54) is 6.42 Å². The highest BCUT2D eigenvalue weighted by Crippen LogP contribution is 2.39. The smallest absolute Gasteiger partial charge is 0.354 e. The summed E-state index contributed by atoms with van der Waals surface area (Å²) in [4.78, 5) is 16.1. The normalized spacial score (nSPS) is 14.7. The van der Waals surface area contributed by atoms with Crippen LogP contribution in [-0.2, 0) is 0 Å². The number of hydrogen-bond donors (Lipinski definition) is 1. The summed E-state index contributed by atoms with van der Waals surface area (Å²) in [5.74, 6) is -0.622. The van der Waals surface area contributed by atoms with Gasteiger partial charge in [-0.15, -0.1) is 0 Å². The third-order valence-corrected chi connectivity index (χ3v) is 5.27. The van der Waals surface area contributed by atoms with Crippen molar-refractivity contribution in [3.63, 3.8) is 0 Å². The maximum Gasteiger partial charge on any atom is 0.354 e. The first kappa shape index (κ1) is 15.8. The first-order valence-electron chi connectivity index (χ1n) is 8.67. The summed E-state index contributed by atoms with van der Waals surface area (Å²) in [5, 5.41) is 14.3. The summed E-state index contributed by atoms with van der Waals surface area (Å²) in [6.45, 7) is 6.11. The Bertz CT molecular complexity index is 980. The van der Waals surface area contributed by atoms with Crippen LogP contribution in [-0.4, -0.2) is 25.7 Å². The van der Waals surface area contributed by atoms with Gasteiger partial charge >= 0.3 is 5.97 Å². The van der Waals surface area contributed by atoms with E-state index >= 15 is 0 Å². The number of nitrogens with zero attached hydrogens (tertiary/aromatic N) is 3. The molecule has 0 spiro atoms. The van der Waals surface area contributed by atoms with Crippen molar-refractivity contribution in [2.24, 2.45) is 0 Å². The molecular formula is C20H21N3O2. The summed E-state index contributed by atoms with van der Waals surface area (Å²) >= 11 is 0. The van der Waals surface area contributed by atoms with E-state index in [1.807, 2.05) is 17.5 Å². The summed E-state index contributed by atoms with van der Waals surface area (Å²) in [5.41, 5.74) is 6.93. The Morgan fingerprint density at radius 3 is 2.40 bits per heavy atom. The van der Waals surface area contributed by atoms with Crippen LogP contribution in [0.25, 0.3) is 16.8 Å². The molecular weight excluding hydrogens is 314 g/mol. The predicted molar refractivity (Wildman–Crippen MR) is 96.2 cm³/mol. The third-order valence-electron chi connectivity index (χ3n) is 5.27. The molecule has 2 heterocycles. The van der Waals surface area contributed by atoms with Crippen LogP contribution in [0.3, 0.4) is 0 Å². The number of hydrogen-bond acceptors (Lipinski definition) is 3. The van der Waals surface area contributed by atoms with Gasteiger partial charge in [0.25, 0.3) is 0 Å². The number of rotatable bonds is 3. The van der Waals surface area contributed by atoms with Crippen molar-refractivity contribution in [3.05, 3.63) is 52.5 Å². The lowest BCUT2D eigenvalue weighted by atomic mass is 9.82. The number of carboxylic acid groups (broad SMARTS) is 1. The Labute approximate surface area is 146 Å². The third kappa shape index (κ3) is 2.42. The Hall–Kier alpha value is -2.69. The number of aryl methyl sites for hydroxylation is 3. The van der Waals surface area contributed by atoms with E-state index in [9.17, 15) is 9.90 Å². The van der Waals surface area contributed by atoms with Crippen molar-refractivity contribution in [1.29, 1.82) is 0 Å².